The largest absolute Gasteiger partial charge is 0.312 e. The molecule has 0 bridgehead atoms. The van der Waals surface area contributed by atoms with Crippen LogP contribution >= 0.6 is 0 Å². The van der Waals surface area contributed by atoms with Gasteiger partial charge in [0.1, 0.15) is 5.84 Å². The zero-order valence-electron chi connectivity index (χ0n) is 9.52. The molecule has 0 aromatic carbocycles. The SMILES string of the molecule is CN=C(CC(C)CC(C)(C)C)NN. The summed E-state index contributed by atoms with van der Waals surface area (Å²) in [7, 11) is 1.76. The lowest BCUT2D eigenvalue weighted by Crippen LogP contribution is -2.32. The monoisotopic (exact) mass is 185 g/mol. The van der Waals surface area contributed by atoms with Crippen molar-refractivity contribution in [3.05, 3.63) is 0 Å². The lowest BCUT2D eigenvalue weighted by Gasteiger charge is -2.23. The number of hydrogen-bond acceptors (Lipinski definition) is 2. The number of hydrogen-bond donors (Lipinski definition) is 2. The van der Waals surface area contributed by atoms with E-state index in [9.17, 15) is 0 Å². The molecule has 0 rings (SSSR count). The fraction of sp³-hybridized carbons (Fsp3) is 0.900. The van der Waals surface area contributed by atoms with Crippen LogP contribution in [0.15, 0.2) is 4.99 Å². The molecule has 3 nitrogen and oxygen atoms in total. The number of amidine groups is 1. The van der Waals surface area contributed by atoms with Crippen molar-refractivity contribution in [3.8, 4) is 0 Å². The molecule has 0 spiro atoms. The maximum atomic E-state index is 5.31. The van der Waals surface area contributed by atoms with E-state index in [4.69, 9.17) is 5.84 Å². The Bertz CT molecular complexity index is 167. The molecule has 0 heterocycles. The molecule has 0 radical (unpaired) electrons. The summed E-state index contributed by atoms with van der Waals surface area (Å²) in [5.41, 5.74) is 3.00. The molecule has 1 atom stereocenters. The van der Waals surface area contributed by atoms with Gasteiger partial charge >= 0.3 is 0 Å². The van der Waals surface area contributed by atoms with Gasteiger partial charge in [-0.15, -0.1) is 0 Å². The predicted octanol–water partition coefficient (Wildman–Crippen LogP) is 1.94. The smallest absolute Gasteiger partial charge is 0.110 e. The summed E-state index contributed by atoms with van der Waals surface area (Å²) in [4.78, 5) is 4.06. The number of nitrogens with one attached hydrogen (secondary N) is 1. The van der Waals surface area contributed by atoms with Crippen LogP contribution in [0, 0.1) is 11.3 Å². The van der Waals surface area contributed by atoms with Crippen LogP contribution < -0.4 is 11.3 Å². The highest BCUT2D eigenvalue weighted by atomic mass is 15.2. The predicted molar refractivity (Wildman–Crippen MR) is 58.5 cm³/mol. The van der Waals surface area contributed by atoms with E-state index in [0.717, 1.165) is 12.3 Å². The minimum atomic E-state index is 0.382. The Morgan fingerprint density at radius 2 is 2.00 bits per heavy atom. The van der Waals surface area contributed by atoms with Crippen molar-refractivity contribution in [2.75, 3.05) is 7.05 Å². The van der Waals surface area contributed by atoms with Gasteiger partial charge in [-0.3, -0.25) is 4.99 Å². The van der Waals surface area contributed by atoms with Gasteiger partial charge in [-0.2, -0.15) is 0 Å². The first-order valence-corrected chi connectivity index (χ1v) is 4.81. The van der Waals surface area contributed by atoms with E-state index in [1.165, 1.54) is 6.42 Å². The van der Waals surface area contributed by atoms with Crippen LogP contribution in [0.3, 0.4) is 0 Å². The van der Waals surface area contributed by atoms with Crippen LogP contribution in [-0.2, 0) is 0 Å². The number of rotatable bonds is 3. The van der Waals surface area contributed by atoms with Crippen molar-refractivity contribution in [1.29, 1.82) is 0 Å². The van der Waals surface area contributed by atoms with Crippen LogP contribution in [0.5, 0.6) is 0 Å². The molecule has 0 aromatic heterocycles. The van der Waals surface area contributed by atoms with Crippen molar-refractivity contribution in [2.24, 2.45) is 22.2 Å². The van der Waals surface area contributed by atoms with Gasteiger partial charge in [-0.05, 0) is 17.8 Å². The number of hydrazine groups is 1. The second kappa shape index (κ2) is 5.22. The highest BCUT2D eigenvalue weighted by Gasteiger charge is 2.16. The number of nitrogens with zero attached hydrogens (tertiary/aromatic N) is 1. The van der Waals surface area contributed by atoms with Crippen LogP contribution in [0.2, 0.25) is 0 Å². The third kappa shape index (κ3) is 6.58. The van der Waals surface area contributed by atoms with Crippen molar-refractivity contribution in [3.63, 3.8) is 0 Å². The topological polar surface area (TPSA) is 50.4 Å². The van der Waals surface area contributed by atoms with E-state index in [1.807, 2.05) is 0 Å². The third-order valence-corrected chi connectivity index (χ3v) is 1.94. The maximum Gasteiger partial charge on any atom is 0.110 e. The molecule has 0 aliphatic heterocycles. The second-order valence-corrected chi connectivity index (χ2v) is 4.89. The van der Waals surface area contributed by atoms with E-state index in [-0.39, 0.29) is 0 Å². The Morgan fingerprint density at radius 3 is 2.31 bits per heavy atom. The van der Waals surface area contributed by atoms with Crippen LogP contribution in [-0.4, -0.2) is 12.9 Å². The van der Waals surface area contributed by atoms with Crippen molar-refractivity contribution in [2.45, 2.75) is 40.5 Å². The minimum absolute atomic E-state index is 0.382. The Balaban J connectivity index is 3.94. The molecule has 0 aliphatic rings. The lowest BCUT2D eigenvalue weighted by molar-refractivity contribution is 0.311. The number of aliphatic imine (C=N–C) groups is 1. The zero-order chi connectivity index (χ0) is 10.5. The summed E-state index contributed by atoms with van der Waals surface area (Å²) in [6, 6.07) is 0. The fourth-order valence-corrected chi connectivity index (χ4v) is 1.66. The van der Waals surface area contributed by atoms with E-state index < -0.39 is 0 Å². The molecule has 0 amide bonds. The normalized spacial score (nSPS) is 15.7. The lowest BCUT2D eigenvalue weighted by atomic mass is 9.84. The maximum absolute atomic E-state index is 5.31. The molecular formula is C10H23N3. The van der Waals surface area contributed by atoms with Gasteiger partial charge in [0.15, 0.2) is 0 Å². The van der Waals surface area contributed by atoms with Gasteiger partial charge in [-0.25, -0.2) is 5.84 Å². The van der Waals surface area contributed by atoms with E-state index in [2.05, 4.69) is 38.1 Å². The molecule has 0 fully saturated rings. The molecule has 3 heteroatoms. The first-order valence-electron chi connectivity index (χ1n) is 4.81. The van der Waals surface area contributed by atoms with Gasteiger partial charge in [0, 0.05) is 13.5 Å². The van der Waals surface area contributed by atoms with E-state index in [0.29, 0.717) is 11.3 Å². The standard InChI is InChI=1S/C10H23N3/c1-8(7-10(2,3)4)6-9(12-5)13-11/h8H,6-7,11H2,1-5H3,(H,12,13). The van der Waals surface area contributed by atoms with Gasteiger partial charge in [0.05, 0.1) is 0 Å². The first-order chi connectivity index (χ1) is 5.89. The van der Waals surface area contributed by atoms with E-state index >= 15 is 0 Å². The average Bonchev–Trinajstić information content (AvgIpc) is 1.96. The first kappa shape index (κ1) is 12.4. The summed E-state index contributed by atoms with van der Waals surface area (Å²) in [6.07, 6.45) is 2.12. The summed E-state index contributed by atoms with van der Waals surface area (Å²) < 4.78 is 0. The summed E-state index contributed by atoms with van der Waals surface area (Å²) in [5.74, 6) is 6.82. The third-order valence-electron chi connectivity index (χ3n) is 1.94. The molecule has 3 N–H and O–H groups in total. The van der Waals surface area contributed by atoms with Crippen LogP contribution in [0.4, 0.5) is 0 Å². The molecule has 78 valence electrons. The van der Waals surface area contributed by atoms with Crippen molar-refractivity contribution >= 4 is 5.84 Å². The van der Waals surface area contributed by atoms with Gasteiger partial charge in [-0.1, -0.05) is 27.7 Å². The Labute approximate surface area is 81.8 Å². The highest BCUT2D eigenvalue weighted by molar-refractivity contribution is 5.81. The van der Waals surface area contributed by atoms with Gasteiger partial charge < -0.3 is 5.43 Å². The van der Waals surface area contributed by atoms with Crippen LogP contribution in [0.25, 0.3) is 0 Å². The molecule has 1 unspecified atom stereocenters. The zero-order valence-corrected chi connectivity index (χ0v) is 9.52. The second-order valence-electron chi connectivity index (χ2n) is 4.89. The highest BCUT2D eigenvalue weighted by Crippen LogP contribution is 2.25. The van der Waals surface area contributed by atoms with Gasteiger partial charge in [0.2, 0.25) is 0 Å². The Kier molecular flexibility index (Phi) is 4.99. The molecular weight excluding hydrogens is 162 g/mol. The Morgan fingerprint density at radius 1 is 1.46 bits per heavy atom. The summed E-state index contributed by atoms with van der Waals surface area (Å²) >= 11 is 0. The fourth-order valence-electron chi connectivity index (χ4n) is 1.66. The summed E-state index contributed by atoms with van der Waals surface area (Å²) in [5, 5.41) is 0. The summed E-state index contributed by atoms with van der Waals surface area (Å²) in [6.45, 7) is 8.99. The quantitative estimate of drug-likeness (QED) is 0.305. The minimum Gasteiger partial charge on any atom is -0.312 e. The molecule has 0 saturated carbocycles. The average molecular weight is 185 g/mol. The van der Waals surface area contributed by atoms with Crippen molar-refractivity contribution < 1.29 is 0 Å². The van der Waals surface area contributed by atoms with Gasteiger partial charge in [0.25, 0.3) is 0 Å². The molecule has 0 saturated heterocycles. The van der Waals surface area contributed by atoms with E-state index in [1.54, 1.807) is 7.05 Å². The number of nitrogens with two attached hydrogens (primary N) is 1. The molecule has 0 aromatic rings. The molecule has 0 aliphatic carbocycles. The van der Waals surface area contributed by atoms with Crippen molar-refractivity contribution in [1.82, 2.24) is 5.43 Å². The molecule has 13 heavy (non-hydrogen) atoms. The Hall–Kier alpha value is -0.570. The van der Waals surface area contributed by atoms with Crippen LogP contribution in [0.1, 0.15) is 40.5 Å².